The van der Waals surface area contributed by atoms with Crippen LogP contribution in [0.4, 0.5) is 0 Å². The lowest BCUT2D eigenvalue weighted by atomic mass is 9.95. The Morgan fingerprint density at radius 3 is 2.42 bits per heavy atom. The van der Waals surface area contributed by atoms with Crippen molar-refractivity contribution < 1.29 is 4.74 Å². The number of aryl methyl sites for hydroxylation is 1. The van der Waals surface area contributed by atoms with Crippen LogP contribution in [0.3, 0.4) is 0 Å². The zero-order valence-corrected chi connectivity index (χ0v) is 13.7. The van der Waals surface area contributed by atoms with Crippen molar-refractivity contribution in [3.63, 3.8) is 0 Å². The predicted molar refractivity (Wildman–Crippen MR) is 96.7 cm³/mol. The SMILES string of the molecule is Cc1ccc(CC#N)c(-c2ccccc2OCc2ccccc2)c1. The second kappa shape index (κ2) is 7.48. The minimum absolute atomic E-state index is 0.392. The van der Waals surface area contributed by atoms with Gasteiger partial charge >= 0.3 is 0 Å². The Morgan fingerprint density at radius 2 is 1.62 bits per heavy atom. The van der Waals surface area contributed by atoms with E-state index in [2.05, 4.69) is 37.3 Å². The van der Waals surface area contributed by atoms with E-state index in [0.717, 1.165) is 28.0 Å². The van der Waals surface area contributed by atoms with E-state index < -0.39 is 0 Å². The number of benzene rings is 3. The van der Waals surface area contributed by atoms with E-state index in [1.165, 1.54) is 5.56 Å². The van der Waals surface area contributed by atoms with Crippen LogP contribution in [0.5, 0.6) is 5.75 Å². The topological polar surface area (TPSA) is 33.0 Å². The zero-order valence-electron chi connectivity index (χ0n) is 13.7. The van der Waals surface area contributed by atoms with Gasteiger partial charge in [0.15, 0.2) is 0 Å². The summed E-state index contributed by atoms with van der Waals surface area (Å²) in [5.74, 6) is 0.839. The Hall–Kier alpha value is -3.05. The summed E-state index contributed by atoms with van der Waals surface area (Å²) in [7, 11) is 0. The highest BCUT2D eigenvalue weighted by atomic mass is 16.5. The third-order valence-corrected chi connectivity index (χ3v) is 3.95. The van der Waals surface area contributed by atoms with Gasteiger partial charge < -0.3 is 4.74 Å². The second-order valence-corrected chi connectivity index (χ2v) is 5.77. The molecule has 2 heteroatoms. The van der Waals surface area contributed by atoms with Crippen molar-refractivity contribution in [1.29, 1.82) is 5.26 Å². The van der Waals surface area contributed by atoms with Crippen molar-refractivity contribution in [2.45, 2.75) is 20.0 Å². The highest BCUT2D eigenvalue weighted by Crippen LogP contribution is 2.33. The molecule has 0 aromatic heterocycles. The minimum atomic E-state index is 0.392. The minimum Gasteiger partial charge on any atom is -0.488 e. The number of rotatable bonds is 5. The first-order valence-corrected chi connectivity index (χ1v) is 8.00. The van der Waals surface area contributed by atoms with E-state index >= 15 is 0 Å². The number of hydrogen-bond acceptors (Lipinski definition) is 2. The Labute approximate surface area is 143 Å². The molecule has 0 saturated heterocycles. The maximum Gasteiger partial charge on any atom is 0.127 e. The standard InChI is InChI=1S/C22H19NO/c1-17-11-12-19(13-14-23)21(15-17)20-9-5-6-10-22(20)24-16-18-7-3-2-4-8-18/h2-12,15H,13,16H2,1H3. The third-order valence-electron chi connectivity index (χ3n) is 3.95. The van der Waals surface area contributed by atoms with Gasteiger partial charge in [0, 0.05) is 5.56 Å². The average Bonchev–Trinajstić information content (AvgIpc) is 2.63. The molecule has 0 spiro atoms. The Balaban J connectivity index is 1.95. The van der Waals surface area contributed by atoms with Crippen molar-refractivity contribution in [2.75, 3.05) is 0 Å². The first-order chi connectivity index (χ1) is 11.8. The molecule has 0 fully saturated rings. The fourth-order valence-corrected chi connectivity index (χ4v) is 2.73. The quantitative estimate of drug-likeness (QED) is 0.639. The fraction of sp³-hybridized carbons (Fsp3) is 0.136. The molecule has 0 radical (unpaired) electrons. The highest BCUT2D eigenvalue weighted by Gasteiger charge is 2.11. The molecule has 3 aromatic rings. The highest BCUT2D eigenvalue weighted by molar-refractivity contribution is 5.74. The van der Waals surface area contributed by atoms with Crippen LogP contribution in [0.15, 0.2) is 72.8 Å². The number of ether oxygens (including phenoxy) is 1. The summed E-state index contributed by atoms with van der Waals surface area (Å²) in [6, 6.07) is 26.6. The summed E-state index contributed by atoms with van der Waals surface area (Å²) in [6.45, 7) is 2.59. The molecule has 118 valence electrons. The van der Waals surface area contributed by atoms with Crippen LogP contribution >= 0.6 is 0 Å². The van der Waals surface area contributed by atoms with Gasteiger partial charge in [0.2, 0.25) is 0 Å². The lowest BCUT2D eigenvalue weighted by molar-refractivity contribution is 0.307. The number of nitriles is 1. The molecule has 0 atom stereocenters. The first-order valence-electron chi connectivity index (χ1n) is 8.00. The zero-order chi connectivity index (χ0) is 16.8. The summed E-state index contributed by atoms with van der Waals surface area (Å²) in [5.41, 5.74) is 5.43. The van der Waals surface area contributed by atoms with E-state index in [-0.39, 0.29) is 0 Å². The van der Waals surface area contributed by atoms with Crippen molar-refractivity contribution in [3.05, 3.63) is 89.5 Å². The van der Waals surface area contributed by atoms with Crippen LogP contribution in [0.25, 0.3) is 11.1 Å². The summed E-state index contributed by atoms with van der Waals surface area (Å²) >= 11 is 0. The average molecular weight is 313 g/mol. The normalized spacial score (nSPS) is 10.2. The van der Waals surface area contributed by atoms with Crippen LogP contribution in [-0.4, -0.2) is 0 Å². The first kappa shape index (κ1) is 15.8. The van der Waals surface area contributed by atoms with Crippen LogP contribution in [0.2, 0.25) is 0 Å². The Kier molecular flexibility index (Phi) is 4.93. The lowest BCUT2D eigenvalue weighted by Gasteiger charge is -2.14. The maximum atomic E-state index is 9.10. The van der Waals surface area contributed by atoms with Crippen molar-refractivity contribution >= 4 is 0 Å². The van der Waals surface area contributed by atoms with Crippen molar-refractivity contribution in [1.82, 2.24) is 0 Å². The molecular formula is C22H19NO. The number of para-hydroxylation sites is 1. The van der Waals surface area contributed by atoms with E-state index in [1.807, 2.05) is 48.5 Å². The van der Waals surface area contributed by atoms with Gasteiger partial charge in [-0.1, -0.05) is 72.3 Å². The van der Waals surface area contributed by atoms with E-state index in [9.17, 15) is 0 Å². The molecule has 0 saturated carbocycles. The van der Waals surface area contributed by atoms with E-state index in [0.29, 0.717) is 13.0 Å². The Morgan fingerprint density at radius 1 is 0.875 bits per heavy atom. The molecule has 2 nitrogen and oxygen atoms in total. The van der Waals surface area contributed by atoms with Gasteiger partial charge in [-0.25, -0.2) is 0 Å². The number of hydrogen-bond donors (Lipinski definition) is 0. The maximum absolute atomic E-state index is 9.10. The molecule has 0 bridgehead atoms. The van der Waals surface area contributed by atoms with Crippen molar-refractivity contribution in [3.8, 4) is 22.9 Å². The van der Waals surface area contributed by atoms with E-state index in [4.69, 9.17) is 10.00 Å². The van der Waals surface area contributed by atoms with Gasteiger partial charge in [0.1, 0.15) is 12.4 Å². The summed E-state index contributed by atoms with van der Waals surface area (Å²) < 4.78 is 6.07. The van der Waals surface area contributed by atoms with Gasteiger partial charge in [-0.3, -0.25) is 0 Å². The molecule has 3 aromatic carbocycles. The monoisotopic (exact) mass is 313 g/mol. The van der Waals surface area contributed by atoms with Gasteiger partial charge in [-0.15, -0.1) is 0 Å². The summed E-state index contributed by atoms with van der Waals surface area (Å²) in [5, 5.41) is 9.10. The third kappa shape index (κ3) is 3.64. The van der Waals surface area contributed by atoms with E-state index in [1.54, 1.807) is 0 Å². The molecule has 0 aliphatic rings. The predicted octanol–water partition coefficient (Wildman–Crippen LogP) is 5.31. The largest absolute Gasteiger partial charge is 0.488 e. The van der Waals surface area contributed by atoms with Crippen molar-refractivity contribution in [2.24, 2.45) is 0 Å². The summed E-state index contributed by atoms with van der Waals surface area (Å²) in [4.78, 5) is 0. The molecule has 0 N–H and O–H groups in total. The van der Waals surface area contributed by atoms with Crippen LogP contribution < -0.4 is 4.74 Å². The Bertz CT molecular complexity index is 863. The lowest BCUT2D eigenvalue weighted by Crippen LogP contribution is -1.98. The molecule has 24 heavy (non-hydrogen) atoms. The number of nitrogens with zero attached hydrogens (tertiary/aromatic N) is 1. The molecule has 0 heterocycles. The second-order valence-electron chi connectivity index (χ2n) is 5.77. The molecule has 0 aliphatic carbocycles. The van der Waals surface area contributed by atoms with Gasteiger partial charge in [0.05, 0.1) is 12.5 Å². The van der Waals surface area contributed by atoms with Gasteiger partial charge in [-0.05, 0) is 29.7 Å². The van der Waals surface area contributed by atoms with Crippen LogP contribution in [0.1, 0.15) is 16.7 Å². The van der Waals surface area contributed by atoms with Gasteiger partial charge in [-0.2, -0.15) is 5.26 Å². The smallest absolute Gasteiger partial charge is 0.127 e. The molecule has 0 aliphatic heterocycles. The molecule has 3 rings (SSSR count). The molecule has 0 amide bonds. The summed E-state index contributed by atoms with van der Waals surface area (Å²) in [6.07, 6.45) is 0.392. The molecule has 0 unspecified atom stereocenters. The fourth-order valence-electron chi connectivity index (χ4n) is 2.73. The van der Waals surface area contributed by atoms with Crippen LogP contribution in [-0.2, 0) is 13.0 Å². The van der Waals surface area contributed by atoms with Crippen LogP contribution in [0, 0.1) is 18.3 Å². The van der Waals surface area contributed by atoms with Gasteiger partial charge in [0.25, 0.3) is 0 Å². The molecular weight excluding hydrogens is 294 g/mol.